The maximum absolute atomic E-state index is 12.5. The molecule has 1 aliphatic heterocycles. The SMILES string of the molecule is O=C(Cc1ccccc1OCc1ccccc1)N1C[C@H](O)C[C@@H](O)C1. The first-order chi connectivity index (χ1) is 12.1. The van der Waals surface area contributed by atoms with Gasteiger partial charge in [0, 0.05) is 25.1 Å². The fourth-order valence-corrected chi connectivity index (χ4v) is 3.05. The maximum atomic E-state index is 12.5. The number of rotatable bonds is 5. The predicted molar refractivity (Wildman–Crippen MR) is 94.1 cm³/mol. The molecule has 1 amide bonds. The zero-order valence-electron chi connectivity index (χ0n) is 14.0. The number of nitrogens with zero attached hydrogens (tertiary/aromatic N) is 1. The largest absolute Gasteiger partial charge is 0.489 e. The molecule has 25 heavy (non-hydrogen) atoms. The summed E-state index contributed by atoms with van der Waals surface area (Å²) in [6, 6.07) is 17.3. The van der Waals surface area contributed by atoms with Gasteiger partial charge in [0.15, 0.2) is 0 Å². The molecule has 0 bridgehead atoms. The van der Waals surface area contributed by atoms with Gasteiger partial charge in [-0.2, -0.15) is 0 Å². The van der Waals surface area contributed by atoms with Gasteiger partial charge in [-0.3, -0.25) is 4.79 Å². The van der Waals surface area contributed by atoms with Crippen LogP contribution in [0.2, 0.25) is 0 Å². The summed E-state index contributed by atoms with van der Waals surface area (Å²) in [5.74, 6) is 0.561. The van der Waals surface area contributed by atoms with Crippen LogP contribution in [0.15, 0.2) is 54.6 Å². The molecule has 132 valence electrons. The van der Waals surface area contributed by atoms with Crippen LogP contribution in [0.3, 0.4) is 0 Å². The molecule has 0 radical (unpaired) electrons. The van der Waals surface area contributed by atoms with E-state index in [0.29, 0.717) is 18.8 Å². The molecule has 2 aromatic rings. The van der Waals surface area contributed by atoms with Gasteiger partial charge in [0.2, 0.25) is 5.91 Å². The van der Waals surface area contributed by atoms with E-state index in [0.717, 1.165) is 11.1 Å². The van der Waals surface area contributed by atoms with E-state index < -0.39 is 12.2 Å². The highest BCUT2D eigenvalue weighted by Gasteiger charge is 2.28. The highest BCUT2D eigenvalue weighted by atomic mass is 16.5. The molecule has 1 fully saturated rings. The zero-order valence-corrected chi connectivity index (χ0v) is 14.0. The van der Waals surface area contributed by atoms with Gasteiger partial charge in [-0.05, 0) is 11.6 Å². The Morgan fingerprint density at radius 1 is 1.00 bits per heavy atom. The molecule has 1 saturated heterocycles. The van der Waals surface area contributed by atoms with Crippen LogP contribution < -0.4 is 4.74 Å². The van der Waals surface area contributed by atoms with Crippen LogP contribution in [-0.4, -0.2) is 46.3 Å². The molecular weight excluding hydrogens is 318 g/mol. The number of benzene rings is 2. The van der Waals surface area contributed by atoms with Crippen LogP contribution in [0.4, 0.5) is 0 Å². The number of aliphatic hydroxyl groups excluding tert-OH is 2. The number of para-hydroxylation sites is 1. The maximum Gasteiger partial charge on any atom is 0.227 e. The Hall–Kier alpha value is -2.37. The quantitative estimate of drug-likeness (QED) is 0.869. The predicted octanol–water partition coefficient (Wildman–Crippen LogP) is 1.76. The van der Waals surface area contributed by atoms with E-state index in [4.69, 9.17) is 4.74 Å². The molecule has 0 saturated carbocycles. The first-order valence-electron chi connectivity index (χ1n) is 8.50. The third kappa shape index (κ3) is 4.81. The number of β-amino-alcohol motifs (C(OH)–C–C–N with tert-alkyl or cyclic N) is 2. The summed E-state index contributed by atoms with van der Waals surface area (Å²) in [7, 11) is 0. The van der Waals surface area contributed by atoms with Crippen molar-refractivity contribution >= 4 is 5.91 Å². The number of likely N-dealkylation sites (tertiary alicyclic amines) is 1. The number of carbonyl (C=O) groups excluding carboxylic acids is 1. The van der Waals surface area contributed by atoms with Crippen molar-refractivity contribution in [3.05, 3.63) is 65.7 Å². The summed E-state index contributed by atoms with van der Waals surface area (Å²) in [6.07, 6.45) is -0.833. The Labute approximate surface area is 147 Å². The van der Waals surface area contributed by atoms with Crippen LogP contribution in [-0.2, 0) is 17.8 Å². The van der Waals surface area contributed by atoms with Crippen LogP contribution in [0, 0.1) is 0 Å². The molecule has 0 aliphatic carbocycles. The van der Waals surface area contributed by atoms with Crippen LogP contribution in [0.5, 0.6) is 5.75 Å². The minimum absolute atomic E-state index is 0.117. The second-order valence-electron chi connectivity index (χ2n) is 6.40. The summed E-state index contributed by atoms with van der Waals surface area (Å²) >= 11 is 0. The standard InChI is InChI=1S/C20H23NO4/c22-17-11-18(23)13-21(12-17)20(24)10-16-8-4-5-9-19(16)25-14-15-6-2-1-3-7-15/h1-9,17-18,22-23H,10-14H2/t17-,18-/m1/s1. The average molecular weight is 341 g/mol. The second kappa shape index (κ2) is 8.14. The Morgan fingerprint density at radius 2 is 1.64 bits per heavy atom. The van der Waals surface area contributed by atoms with Crippen LogP contribution in [0.25, 0.3) is 0 Å². The van der Waals surface area contributed by atoms with Gasteiger partial charge in [0.1, 0.15) is 12.4 Å². The molecule has 1 heterocycles. The first-order valence-corrected chi connectivity index (χ1v) is 8.50. The molecule has 3 rings (SSSR count). The lowest BCUT2D eigenvalue weighted by Gasteiger charge is -2.33. The topological polar surface area (TPSA) is 70.0 Å². The molecule has 0 unspecified atom stereocenters. The van der Waals surface area contributed by atoms with Crippen molar-refractivity contribution in [3.63, 3.8) is 0 Å². The fourth-order valence-electron chi connectivity index (χ4n) is 3.05. The molecule has 5 nitrogen and oxygen atoms in total. The van der Waals surface area contributed by atoms with E-state index in [1.54, 1.807) is 0 Å². The lowest BCUT2D eigenvalue weighted by atomic mass is 10.0. The molecule has 0 spiro atoms. The zero-order chi connectivity index (χ0) is 17.6. The Kier molecular flexibility index (Phi) is 5.68. The number of carbonyl (C=O) groups is 1. The third-order valence-electron chi connectivity index (χ3n) is 4.31. The van der Waals surface area contributed by atoms with E-state index in [9.17, 15) is 15.0 Å². The molecule has 2 aromatic carbocycles. The molecule has 2 atom stereocenters. The summed E-state index contributed by atoms with van der Waals surface area (Å²) in [5.41, 5.74) is 1.86. The smallest absolute Gasteiger partial charge is 0.227 e. The van der Waals surface area contributed by atoms with Crippen molar-refractivity contribution in [2.75, 3.05) is 13.1 Å². The van der Waals surface area contributed by atoms with Gasteiger partial charge in [-0.15, -0.1) is 0 Å². The molecule has 0 aromatic heterocycles. The minimum Gasteiger partial charge on any atom is -0.489 e. The van der Waals surface area contributed by atoms with Crippen LogP contribution >= 0.6 is 0 Å². The minimum atomic E-state index is -0.669. The summed E-state index contributed by atoms with van der Waals surface area (Å²) in [5, 5.41) is 19.5. The van der Waals surface area contributed by atoms with Gasteiger partial charge in [0.05, 0.1) is 18.6 Å². The van der Waals surface area contributed by atoms with Crippen molar-refractivity contribution in [2.24, 2.45) is 0 Å². The highest BCUT2D eigenvalue weighted by Crippen LogP contribution is 2.21. The van der Waals surface area contributed by atoms with Gasteiger partial charge in [0.25, 0.3) is 0 Å². The molecular formula is C20H23NO4. The van der Waals surface area contributed by atoms with Crippen molar-refractivity contribution < 1.29 is 19.7 Å². The average Bonchev–Trinajstić information content (AvgIpc) is 2.61. The summed E-state index contributed by atoms with van der Waals surface area (Å²) in [4.78, 5) is 14.1. The Balaban J connectivity index is 1.65. The van der Waals surface area contributed by atoms with E-state index in [2.05, 4.69) is 0 Å². The second-order valence-corrected chi connectivity index (χ2v) is 6.40. The van der Waals surface area contributed by atoms with E-state index in [1.807, 2.05) is 54.6 Å². The number of ether oxygens (including phenoxy) is 1. The molecule has 2 N–H and O–H groups in total. The van der Waals surface area contributed by atoms with Gasteiger partial charge in [-0.1, -0.05) is 48.5 Å². The molecule has 5 heteroatoms. The van der Waals surface area contributed by atoms with E-state index >= 15 is 0 Å². The molecule has 1 aliphatic rings. The van der Waals surface area contributed by atoms with E-state index in [1.165, 1.54) is 4.90 Å². The number of aliphatic hydroxyl groups is 2. The number of amides is 1. The normalized spacial score (nSPS) is 20.3. The lowest BCUT2D eigenvalue weighted by Crippen LogP contribution is -2.48. The number of hydrogen-bond acceptors (Lipinski definition) is 4. The third-order valence-corrected chi connectivity index (χ3v) is 4.31. The fraction of sp³-hybridized carbons (Fsp3) is 0.350. The van der Waals surface area contributed by atoms with Gasteiger partial charge < -0.3 is 19.8 Å². The van der Waals surface area contributed by atoms with Crippen molar-refractivity contribution in [1.29, 1.82) is 0 Å². The van der Waals surface area contributed by atoms with Gasteiger partial charge >= 0.3 is 0 Å². The van der Waals surface area contributed by atoms with Crippen molar-refractivity contribution in [2.45, 2.75) is 31.7 Å². The lowest BCUT2D eigenvalue weighted by molar-refractivity contribution is -0.136. The van der Waals surface area contributed by atoms with Crippen molar-refractivity contribution in [1.82, 2.24) is 4.90 Å². The Bertz CT molecular complexity index is 694. The van der Waals surface area contributed by atoms with E-state index in [-0.39, 0.29) is 25.4 Å². The van der Waals surface area contributed by atoms with Crippen LogP contribution in [0.1, 0.15) is 17.5 Å². The van der Waals surface area contributed by atoms with Crippen molar-refractivity contribution in [3.8, 4) is 5.75 Å². The monoisotopic (exact) mass is 341 g/mol. The number of piperidine rings is 1. The Morgan fingerprint density at radius 3 is 2.36 bits per heavy atom. The first kappa shape index (κ1) is 17.5. The summed E-state index contributed by atoms with van der Waals surface area (Å²) in [6.45, 7) is 0.971. The highest BCUT2D eigenvalue weighted by molar-refractivity contribution is 5.79. The van der Waals surface area contributed by atoms with Gasteiger partial charge in [-0.25, -0.2) is 0 Å². The summed E-state index contributed by atoms with van der Waals surface area (Å²) < 4.78 is 5.88. The number of hydrogen-bond donors (Lipinski definition) is 2.